The normalized spacial score (nSPS) is 15.0. The minimum absolute atomic E-state index is 0.741. The molecule has 1 aromatic heterocycles. The zero-order valence-corrected chi connectivity index (χ0v) is 8.71. The minimum atomic E-state index is 0.741. The molecular weight excluding hydrogens is 176 g/mol. The Hall–Kier alpha value is -1.03. The van der Waals surface area contributed by atoms with Crippen LogP contribution in [0.2, 0.25) is 0 Å². The van der Waals surface area contributed by atoms with Gasteiger partial charge in [-0.15, -0.1) is 0 Å². The molecule has 0 bridgehead atoms. The number of hydrogen-bond acceptors (Lipinski definition) is 3. The number of fused-ring (bicyclic) bond motifs is 1. The van der Waals surface area contributed by atoms with Crippen LogP contribution in [0.15, 0.2) is 0 Å². The second kappa shape index (κ2) is 4.00. The quantitative estimate of drug-likeness (QED) is 0.743. The van der Waals surface area contributed by atoms with Crippen molar-refractivity contribution in [1.29, 1.82) is 0 Å². The number of aromatic nitrogens is 2. The molecule has 14 heavy (non-hydrogen) atoms. The number of nitrogens with zero attached hydrogens (tertiary/aromatic N) is 2. The van der Waals surface area contributed by atoms with E-state index in [1.165, 1.54) is 17.9 Å². The molecule has 0 saturated heterocycles. The van der Waals surface area contributed by atoms with Crippen LogP contribution in [0.3, 0.4) is 0 Å². The molecule has 3 N–H and O–H groups in total. The van der Waals surface area contributed by atoms with Gasteiger partial charge in [0.1, 0.15) is 11.6 Å². The molecule has 0 unspecified atom stereocenters. The van der Waals surface area contributed by atoms with Gasteiger partial charge < -0.3 is 15.6 Å². The second-order valence-electron chi connectivity index (χ2n) is 3.80. The molecule has 0 fully saturated rings. The van der Waals surface area contributed by atoms with Gasteiger partial charge >= 0.3 is 0 Å². The lowest BCUT2D eigenvalue weighted by atomic mass is 10.2. The van der Waals surface area contributed by atoms with Crippen molar-refractivity contribution in [2.45, 2.75) is 25.7 Å². The van der Waals surface area contributed by atoms with Crippen molar-refractivity contribution in [3.05, 3.63) is 11.5 Å². The summed E-state index contributed by atoms with van der Waals surface area (Å²) in [4.78, 5) is 4.63. The van der Waals surface area contributed by atoms with Gasteiger partial charge in [-0.25, -0.2) is 4.98 Å². The van der Waals surface area contributed by atoms with Crippen molar-refractivity contribution in [3.63, 3.8) is 0 Å². The zero-order valence-electron chi connectivity index (χ0n) is 8.71. The predicted octanol–water partition coefficient (Wildman–Crippen LogP) is 0.669. The van der Waals surface area contributed by atoms with E-state index in [2.05, 4.69) is 21.9 Å². The molecule has 0 aliphatic carbocycles. The Kier molecular flexibility index (Phi) is 2.72. The molecule has 4 heteroatoms. The Labute approximate surface area is 84.5 Å². The van der Waals surface area contributed by atoms with E-state index in [1.54, 1.807) is 0 Å². The molecule has 2 heterocycles. The van der Waals surface area contributed by atoms with Crippen LogP contribution >= 0.6 is 0 Å². The SMILES string of the molecule is Cn1c(CCCN)nc2c1NCCC2. The first-order chi connectivity index (χ1) is 6.83. The molecule has 2 rings (SSSR count). The molecule has 4 nitrogen and oxygen atoms in total. The largest absolute Gasteiger partial charge is 0.370 e. The van der Waals surface area contributed by atoms with Crippen molar-refractivity contribution in [2.24, 2.45) is 12.8 Å². The van der Waals surface area contributed by atoms with Crippen molar-refractivity contribution in [2.75, 3.05) is 18.4 Å². The summed E-state index contributed by atoms with van der Waals surface area (Å²) in [7, 11) is 2.08. The van der Waals surface area contributed by atoms with E-state index in [0.29, 0.717) is 0 Å². The summed E-state index contributed by atoms with van der Waals surface area (Å²) in [6.45, 7) is 1.81. The Balaban J connectivity index is 2.20. The van der Waals surface area contributed by atoms with E-state index in [1.807, 2.05) is 0 Å². The smallest absolute Gasteiger partial charge is 0.129 e. The standard InChI is InChI=1S/C10H18N4/c1-14-9(5-2-6-11)13-8-4-3-7-12-10(8)14/h12H,2-7,11H2,1H3. The summed E-state index contributed by atoms with van der Waals surface area (Å²) in [6.07, 6.45) is 4.31. The molecular formula is C10H18N4. The summed E-state index contributed by atoms with van der Waals surface area (Å²) in [5.74, 6) is 2.37. The maximum atomic E-state index is 5.50. The molecule has 1 aliphatic rings. The average molecular weight is 194 g/mol. The number of rotatable bonds is 3. The fourth-order valence-electron chi connectivity index (χ4n) is 1.95. The van der Waals surface area contributed by atoms with Gasteiger partial charge in [0.2, 0.25) is 0 Å². The van der Waals surface area contributed by atoms with Crippen molar-refractivity contribution >= 4 is 5.82 Å². The molecule has 1 aromatic rings. The molecule has 0 aromatic carbocycles. The van der Waals surface area contributed by atoms with E-state index in [4.69, 9.17) is 5.73 Å². The highest BCUT2D eigenvalue weighted by Crippen LogP contribution is 2.22. The fraction of sp³-hybridized carbons (Fsp3) is 0.700. The highest BCUT2D eigenvalue weighted by molar-refractivity contribution is 5.45. The molecule has 78 valence electrons. The maximum Gasteiger partial charge on any atom is 0.129 e. The van der Waals surface area contributed by atoms with Gasteiger partial charge in [-0.3, -0.25) is 0 Å². The summed E-state index contributed by atoms with van der Waals surface area (Å²) < 4.78 is 2.17. The van der Waals surface area contributed by atoms with Crippen molar-refractivity contribution in [3.8, 4) is 0 Å². The molecule has 0 radical (unpaired) electrons. The third-order valence-corrected chi connectivity index (χ3v) is 2.75. The summed E-state index contributed by atoms with van der Waals surface area (Å²) >= 11 is 0. The van der Waals surface area contributed by atoms with E-state index in [9.17, 15) is 0 Å². The minimum Gasteiger partial charge on any atom is -0.370 e. The first-order valence-corrected chi connectivity index (χ1v) is 5.31. The summed E-state index contributed by atoms with van der Waals surface area (Å²) in [5.41, 5.74) is 6.72. The van der Waals surface area contributed by atoms with E-state index >= 15 is 0 Å². The molecule has 0 atom stereocenters. The highest BCUT2D eigenvalue weighted by Gasteiger charge is 2.16. The van der Waals surface area contributed by atoms with Crippen LogP contribution in [0, 0.1) is 0 Å². The second-order valence-corrected chi connectivity index (χ2v) is 3.80. The lowest BCUT2D eigenvalue weighted by Crippen LogP contribution is -2.13. The van der Waals surface area contributed by atoms with Crippen LogP contribution in [0.5, 0.6) is 0 Å². The van der Waals surface area contributed by atoms with Crippen LogP contribution in [0.25, 0.3) is 0 Å². The molecule has 1 aliphatic heterocycles. The number of nitrogens with two attached hydrogens (primary N) is 1. The highest BCUT2D eigenvalue weighted by atomic mass is 15.2. The van der Waals surface area contributed by atoms with E-state index in [0.717, 1.165) is 38.2 Å². The fourth-order valence-corrected chi connectivity index (χ4v) is 1.95. The maximum absolute atomic E-state index is 5.50. The van der Waals surface area contributed by atoms with Gasteiger partial charge in [0, 0.05) is 20.0 Å². The van der Waals surface area contributed by atoms with Gasteiger partial charge in [-0.2, -0.15) is 0 Å². The number of anilines is 1. The van der Waals surface area contributed by atoms with Crippen LogP contribution < -0.4 is 11.1 Å². The monoisotopic (exact) mass is 194 g/mol. The Morgan fingerprint density at radius 3 is 3.14 bits per heavy atom. The first-order valence-electron chi connectivity index (χ1n) is 5.31. The number of imidazole rings is 1. The predicted molar refractivity (Wildman–Crippen MR) is 57.4 cm³/mol. The Morgan fingerprint density at radius 2 is 2.43 bits per heavy atom. The van der Waals surface area contributed by atoms with Gasteiger partial charge in [0.05, 0.1) is 5.69 Å². The van der Waals surface area contributed by atoms with Gasteiger partial charge in [0.25, 0.3) is 0 Å². The number of aryl methyl sites for hydroxylation is 2. The van der Waals surface area contributed by atoms with Gasteiger partial charge in [-0.1, -0.05) is 0 Å². The Morgan fingerprint density at radius 1 is 1.57 bits per heavy atom. The number of nitrogens with one attached hydrogen (secondary N) is 1. The lowest BCUT2D eigenvalue weighted by molar-refractivity contribution is 0.732. The molecule has 0 saturated carbocycles. The van der Waals surface area contributed by atoms with E-state index in [-0.39, 0.29) is 0 Å². The van der Waals surface area contributed by atoms with Crippen LogP contribution in [0.1, 0.15) is 24.4 Å². The van der Waals surface area contributed by atoms with Crippen LogP contribution in [0.4, 0.5) is 5.82 Å². The lowest BCUT2D eigenvalue weighted by Gasteiger charge is -2.14. The number of hydrogen-bond donors (Lipinski definition) is 2. The van der Waals surface area contributed by atoms with Gasteiger partial charge in [-0.05, 0) is 25.8 Å². The van der Waals surface area contributed by atoms with Crippen molar-refractivity contribution in [1.82, 2.24) is 9.55 Å². The zero-order chi connectivity index (χ0) is 9.97. The third kappa shape index (κ3) is 1.62. The first kappa shape index (κ1) is 9.52. The topological polar surface area (TPSA) is 55.9 Å². The van der Waals surface area contributed by atoms with Gasteiger partial charge in [0.15, 0.2) is 0 Å². The third-order valence-electron chi connectivity index (χ3n) is 2.75. The Bertz CT molecular complexity index is 316. The summed E-state index contributed by atoms with van der Waals surface area (Å²) in [5, 5.41) is 3.40. The summed E-state index contributed by atoms with van der Waals surface area (Å²) in [6, 6.07) is 0. The van der Waals surface area contributed by atoms with Crippen molar-refractivity contribution < 1.29 is 0 Å². The molecule has 0 amide bonds. The van der Waals surface area contributed by atoms with Crippen LogP contribution in [-0.2, 0) is 19.9 Å². The molecule has 0 spiro atoms. The van der Waals surface area contributed by atoms with Crippen LogP contribution in [-0.4, -0.2) is 22.6 Å². The average Bonchev–Trinajstić information content (AvgIpc) is 2.54. The van der Waals surface area contributed by atoms with E-state index < -0.39 is 0 Å².